The van der Waals surface area contributed by atoms with Crippen LogP contribution in [0.1, 0.15) is 23.7 Å². The maximum absolute atomic E-state index is 13.3. The summed E-state index contributed by atoms with van der Waals surface area (Å²) in [6.07, 6.45) is -0.476. The van der Waals surface area contributed by atoms with Crippen LogP contribution in [0.15, 0.2) is 41.3 Å². The van der Waals surface area contributed by atoms with Gasteiger partial charge in [0.15, 0.2) is 0 Å². The standard InChI is InChI=1S/C17H18FNO4S/c1-11-9-12(18)3-6-17(11)24(21,22)19-8-7-16(20)14-10-13(23-2)4-5-15(14)19/h3-6,9-10,16,20H,7-8H2,1-2H3. The fourth-order valence-corrected chi connectivity index (χ4v) is 4.65. The second kappa shape index (κ2) is 6.07. The predicted octanol–water partition coefficient (Wildman–Crippen LogP) is 2.78. The van der Waals surface area contributed by atoms with Crippen molar-refractivity contribution in [2.75, 3.05) is 18.0 Å². The van der Waals surface area contributed by atoms with E-state index in [0.29, 0.717) is 22.6 Å². The first-order valence-electron chi connectivity index (χ1n) is 7.49. The minimum Gasteiger partial charge on any atom is -0.497 e. The van der Waals surface area contributed by atoms with Gasteiger partial charge in [-0.1, -0.05) is 0 Å². The minimum atomic E-state index is -3.85. The average Bonchev–Trinajstić information content (AvgIpc) is 2.54. The molecule has 0 saturated carbocycles. The third-order valence-corrected chi connectivity index (χ3v) is 6.15. The summed E-state index contributed by atoms with van der Waals surface area (Å²) in [6.45, 7) is 1.71. The van der Waals surface area contributed by atoms with Crippen molar-refractivity contribution in [3.8, 4) is 5.75 Å². The Bertz CT molecular complexity index is 882. The third-order valence-electron chi connectivity index (χ3n) is 4.17. The molecular weight excluding hydrogens is 333 g/mol. The van der Waals surface area contributed by atoms with Gasteiger partial charge in [-0.15, -0.1) is 0 Å². The number of fused-ring (bicyclic) bond motifs is 1. The van der Waals surface area contributed by atoms with Crippen LogP contribution < -0.4 is 9.04 Å². The second-order valence-corrected chi connectivity index (χ2v) is 7.55. The smallest absolute Gasteiger partial charge is 0.264 e. The highest BCUT2D eigenvalue weighted by molar-refractivity contribution is 7.92. The number of aliphatic hydroxyl groups excluding tert-OH is 1. The predicted molar refractivity (Wildman–Crippen MR) is 88.2 cm³/mol. The molecule has 0 spiro atoms. The zero-order chi connectivity index (χ0) is 17.5. The first kappa shape index (κ1) is 16.7. The van der Waals surface area contributed by atoms with E-state index in [2.05, 4.69) is 0 Å². The fourth-order valence-electron chi connectivity index (χ4n) is 2.94. The molecule has 24 heavy (non-hydrogen) atoms. The van der Waals surface area contributed by atoms with Crippen LogP contribution in [-0.2, 0) is 10.0 Å². The van der Waals surface area contributed by atoms with E-state index < -0.39 is 21.9 Å². The van der Waals surface area contributed by atoms with Gasteiger partial charge in [-0.05, 0) is 55.3 Å². The molecule has 1 aliphatic rings. The minimum absolute atomic E-state index is 0.0575. The molecule has 2 aromatic carbocycles. The van der Waals surface area contributed by atoms with Crippen LogP contribution in [-0.4, -0.2) is 27.2 Å². The van der Waals surface area contributed by atoms with Crippen LogP contribution in [0.3, 0.4) is 0 Å². The molecule has 0 bridgehead atoms. The molecule has 0 aliphatic carbocycles. The molecule has 128 valence electrons. The number of aryl methyl sites for hydroxylation is 1. The molecule has 1 unspecified atom stereocenters. The first-order chi connectivity index (χ1) is 11.3. The topological polar surface area (TPSA) is 66.8 Å². The van der Waals surface area contributed by atoms with Crippen LogP contribution in [0.25, 0.3) is 0 Å². The highest BCUT2D eigenvalue weighted by Crippen LogP contribution is 2.39. The summed E-state index contributed by atoms with van der Waals surface area (Å²) < 4.78 is 45.8. The van der Waals surface area contributed by atoms with E-state index in [1.54, 1.807) is 25.1 Å². The lowest BCUT2D eigenvalue weighted by Crippen LogP contribution is -2.37. The molecule has 0 radical (unpaired) electrons. The Balaban J connectivity index is 2.12. The van der Waals surface area contributed by atoms with Crippen LogP contribution in [0.2, 0.25) is 0 Å². The first-order valence-corrected chi connectivity index (χ1v) is 8.93. The Morgan fingerprint density at radius 2 is 2.00 bits per heavy atom. The normalized spacial score (nSPS) is 17.5. The number of ether oxygens (including phenoxy) is 1. The van der Waals surface area contributed by atoms with Gasteiger partial charge < -0.3 is 9.84 Å². The SMILES string of the molecule is COc1ccc2c(c1)C(O)CCN2S(=O)(=O)c1ccc(F)cc1C. The molecule has 7 heteroatoms. The molecular formula is C17H18FNO4S. The summed E-state index contributed by atoms with van der Waals surface area (Å²) in [6, 6.07) is 8.51. The maximum Gasteiger partial charge on any atom is 0.264 e. The van der Waals surface area contributed by atoms with Crippen molar-refractivity contribution >= 4 is 15.7 Å². The van der Waals surface area contributed by atoms with Crippen molar-refractivity contribution in [1.29, 1.82) is 0 Å². The van der Waals surface area contributed by atoms with Gasteiger partial charge in [-0.25, -0.2) is 12.8 Å². The summed E-state index contributed by atoms with van der Waals surface area (Å²) in [5, 5.41) is 10.2. The van der Waals surface area contributed by atoms with Crippen molar-refractivity contribution in [2.45, 2.75) is 24.3 Å². The van der Waals surface area contributed by atoms with Gasteiger partial charge in [0.1, 0.15) is 11.6 Å². The van der Waals surface area contributed by atoms with E-state index in [4.69, 9.17) is 4.74 Å². The molecule has 0 fully saturated rings. The highest BCUT2D eigenvalue weighted by atomic mass is 32.2. The number of nitrogens with zero attached hydrogens (tertiary/aromatic N) is 1. The van der Waals surface area contributed by atoms with Crippen molar-refractivity contribution in [3.63, 3.8) is 0 Å². The fraction of sp³-hybridized carbons (Fsp3) is 0.294. The molecule has 1 heterocycles. The van der Waals surface area contributed by atoms with Gasteiger partial charge in [-0.2, -0.15) is 0 Å². The van der Waals surface area contributed by atoms with Gasteiger partial charge in [0, 0.05) is 12.1 Å². The number of benzene rings is 2. The molecule has 5 nitrogen and oxygen atoms in total. The molecule has 0 amide bonds. The molecule has 3 rings (SSSR count). The van der Waals surface area contributed by atoms with E-state index in [0.717, 1.165) is 6.07 Å². The Kier molecular flexibility index (Phi) is 4.23. The molecule has 0 saturated heterocycles. The van der Waals surface area contributed by atoms with Gasteiger partial charge in [0.2, 0.25) is 0 Å². The second-order valence-electron chi connectivity index (χ2n) is 5.72. The van der Waals surface area contributed by atoms with Crippen molar-refractivity contribution in [3.05, 3.63) is 53.3 Å². The van der Waals surface area contributed by atoms with Crippen LogP contribution in [0.4, 0.5) is 10.1 Å². The van der Waals surface area contributed by atoms with Gasteiger partial charge in [-0.3, -0.25) is 4.31 Å². The Morgan fingerprint density at radius 1 is 1.25 bits per heavy atom. The largest absolute Gasteiger partial charge is 0.497 e. The van der Waals surface area contributed by atoms with Crippen molar-refractivity contribution in [1.82, 2.24) is 0 Å². The van der Waals surface area contributed by atoms with E-state index in [9.17, 15) is 17.9 Å². The summed E-state index contributed by atoms with van der Waals surface area (Å²) in [7, 11) is -2.34. The number of halogens is 1. The Hall–Kier alpha value is -2.12. The summed E-state index contributed by atoms with van der Waals surface area (Å²) in [5.41, 5.74) is 1.26. The maximum atomic E-state index is 13.3. The van der Waals surface area contributed by atoms with Gasteiger partial charge >= 0.3 is 0 Å². The average molecular weight is 351 g/mol. The van der Waals surface area contributed by atoms with E-state index in [1.165, 1.54) is 23.5 Å². The molecule has 1 atom stereocenters. The van der Waals surface area contributed by atoms with E-state index in [-0.39, 0.29) is 17.9 Å². The van der Waals surface area contributed by atoms with Crippen LogP contribution >= 0.6 is 0 Å². The number of hydrogen-bond donors (Lipinski definition) is 1. The zero-order valence-electron chi connectivity index (χ0n) is 13.4. The monoisotopic (exact) mass is 351 g/mol. The summed E-state index contributed by atoms with van der Waals surface area (Å²) in [4.78, 5) is 0.0575. The quantitative estimate of drug-likeness (QED) is 0.923. The number of rotatable bonds is 3. The highest BCUT2D eigenvalue weighted by Gasteiger charge is 2.33. The number of sulfonamides is 1. The molecule has 2 aromatic rings. The van der Waals surface area contributed by atoms with Crippen molar-refractivity contribution < 1.29 is 22.7 Å². The molecule has 0 aromatic heterocycles. The number of aliphatic hydroxyl groups is 1. The number of methoxy groups -OCH3 is 1. The molecule has 1 N–H and O–H groups in total. The third kappa shape index (κ3) is 2.74. The zero-order valence-corrected chi connectivity index (χ0v) is 14.2. The van der Waals surface area contributed by atoms with E-state index in [1.807, 2.05) is 0 Å². The number of hydrogen-bond acceptors (Lipinski definition) is 4. The lowest BCUT2D eigenvalue weighted by atomic mass is 10.0. The summed E-state index contributed by atoms with van der Waals surface area (Å²) in [5.74, 6) is 0.0654. The van der Waals surface area contributed by atoms with Crippen molar-refractivity contribution in [2.24, 2.45) is 0 Å². The summed E-state index contributed by atoms with van der Waals surface area (Å²) >= 11 is 0. The lowest BCUT2D eigenvalue weighted by molar-refractivity contribution is 0.166. The molecule has 1 aliphatic heterocycles. The van der Waals surface area contributed by atoms with Gasteiger partial charge in [0.05, 0.1) is 23.8 Å². The van der Waals surface area contributed by atoms with E-state index >= 15 is 0 Å². The van der Waals surface area contributed by atoms with Gasteiger partial charge in [0.25, 0.3) is 10.0 Å². The number of anilines is 1. The van der Waals surface area contributed by atoms with Crippen LogP contribution in [0, 0.1) is 12.7 Å². The Labute approximate surface area is 140 Å². The Morgan fingerprint density at radius 3 is 2.67 bits per heavy atom. The van der Waals surface area contributed by atoms with Crippen LogP contribution in [0.5, 0.6) is 5.75 Å². The lowest BCUT2D eigenvalue weighted by Gasteiger charge is -2.33.